The minimum atomic E-state index is 0.915. The van der Waals surface area contributed by atoms with Crippen LogP contribution in [-0.2, 0) is 0 Å². The van der Waals surface area contributed by atoms with Gasteiger partial charge in [-0.3, -0.25) is 0 Å². The van der Waals surface area contributed by atoms with Crippen LogP contribution in [-0.4, -0.2) is 19.9 Å². The molecule has 0 unspecified atom stereocenters. The zero-order valence-corrected chi connectivity index (χ0v) is 35.8. The molecule has 0 atom stereocenters. The highest BCUT2D eigenvalue weighted by atomic mass is 32.1. The summed E-state index contributed by atoms with van der Waals surface area (Å²) >= 11 is 1.84. The van der Waals surface area contributed by atoms with Crippen LogP contribution in [0.2, 0.25) is 0 Å². The molecule has 4 nitrogen and oxygen atoms in total. The Morgan fingerprint density at radius 2 is 0.508 bits per heavy atom. The van der Waals surface area contributed by atoms with Crippen LogP contribution in [0.25, 0.3) is 131 Å². The fraction of sp³-hybridized carbons (Fsp3) is 0. The van der Waals surface area contributed by atoms with Gasteiger partial charge in [0.25, 0.3) is 0 Å². The number of pyridine rings is 4. The SMILES string of the molecule is c1ccc(-c2ccc3ccc4ccc(-c5ccc(-c6ccc7sc8ccc(-c9ccc(-c%10ccc%11ccc%12ccc(-c%13ccccc%13)nc%12c%11n%10)cc9)cc8c7c6)cc5)nc4c3n2)cc1. The number of rotatable bonds is 6. The summed E-state index contributed by atoms with van der Waals surface area (Å²) in [7, 11) is 0. The third kappa shape index (κ3) is 6.60. The Morgan fingerprint density at radius 1 is 0.231 bits per heavy atom. The number of benzene rings is 8. The zero-order valence-electron chi connectivity index (χ0n) is 35.0. The molecule has 302 valence electrons. The predicted molar refractivity (Wildman–Crippen MR) is 273 cm³/mol. The van der Waals surface area contributed by atoms with Gasteiger partial charge in [-0.15, -0.1) is 11.3 Å². The highest BCUT2D eigenvalue weighted by Crippen LogP contribution is 2.40. The predicted octanol–water partition coefficient (Wildman–Crippen LogP) is 16.2. The Kier molecular flexibility index (Phi) is 8.68. The second-order valence-corrected chi connectivity index (χ2v) is 17.7. The number of aromatic nitrogens is 4. The summed E-state index contributed by atoms with van der Waals surface area (Å²) in [5.74, 6) is 0. The summed E-state index contributed by atoms with van der Waals surface area (Å²) in [5.41, 5.74) is 16.5. The van der Waals surface area contributed by atoms with Crippen molar-refractivity contribution in [3.05, 3.63) is 218 Å². The monoisotopic (exact) mass is 844 g/mol. The maximum Gasteiger partial charge on any atom is 0.0972 e. The van der Waals surface area contributed by atoms with E-state index in [9.17, 15) is 0 Å². The highest BCUT2D eigenvalue weighted by molar-refractivity contribution is 7.25. The summed E-state index contributed by atoms with van der Waals surface area (Å²) in [5, 5.41) is 6.86. The number of fused-ring (bicyclic) bond motifs is 9. The fourth-order valence-corrected chi connectivity index (χ4v) is 10.3. The summed E-state index contributed by atoms with van der Waals surface area (Å²) in [6, 6.07) is 77.5. The van der Waals surface area contributed by atoms with E-state index >= 15 is 0 Å². The molecule has 0 fully saturated rings. The third-order valence-electron chi connectivity index (χ3n) is 12.7. The van der Waals surface area contributed by atoms with Gasteiger partial charge in [0.2, 0.25) is 0 Å². The van der Waals surface area contributed by atoms with Crippen LogP contribution < -0.4 is 0 Å². The van der Waals surface area contributed by atoms with Gasteiger partial charge < -0.3 is 0 Å². The van der Waals surface area contributed by atoms with Gasteiger partial charge in [0.15, 0.2) is 0 Å². The molecule has 0 aliphatic carbocycles. The van der Waals surface area contributed by atoms with Crippen molar-refractivity contribution in [3.63, 3.8) is 0 Å². The Labute approximate surface area is 378 Å². The van der Waals surface area contributed by atoms with Gasteiger partial charge in [-0.25, -0.2) is 19.9 Å². The number of thiophene rings is 1. The van der Waals surface area contributed by atoms with E-state index in [4.69, 9.17) is 19.9 Å². The molecular formula is C60H36N4S. The normalized spacial score (nSPS) is 11.7. The summed E-state index contributed by atoms with van der Waals surface area (Å²) in [4.78, 5) is 20.6. The van der Waals surface area contributed by atoms with Crippen molar-refractivity contribution in [2.24, 2.45) is 0 Å². The molecule has 0 aliphatic heterocycles. The number of hydrogen-bond acceptors (Lipinski definition) is 5. The molecule has 0 aliphatic rings. The summed E-state index contributed by atoms with van der Waals surface area (Å²) in [6.45, 7) is 0. The fourth-order valence-electron chi connectivity index (χ4n) is 9.20. The standard InChI is InChI=1S/C60H36N4S/c1-3-7-39(8-4-1)51-29-23-43-19-21-45-25-31-53(63-59(45)57(43)61-51)41-15-11-37(12-16-41)47-27-33-55-49(35-47)50-36-48(28-34-56(50)65-55)38-13-17-42(18-14-38)54-32-26-46-22-20-44-24-30-52(40-9-5-2-6-10-40)62-58(44)60(46)64-54/h1-36H. The molecule has 65 heavy (non-hydrogen) atoms. The number of hydrogen-bond donors (Lipinski definition) is 0. The van der Waals surface area contributed by atoms with Crippen molar-refractivity contribution in [3.8, 4) is 67.3 Å². The Balaban J connectivity index is 0.795. The van der Waals surface area contributed by atoms with E-state index in [1.165, 1.54) is 42.4 Å². The number of nitrogens with zero attached hydrogens (tertiary/aromatic N) is 4. The maximum absolute atomic E-state index is 5.20. The first kappa shape index (κ1) is 37.2. The molecule has 0 saturated heterocycles. The average molecular weight is 845 g/mol. The molecule has 0 spiro atoms. The first-order valence-electron chi connectivity index (χ1n) is 21.9. The van der Waals surface area contributed by atoms with Crippen LogP contribution in [0.5, 0.6) is 0 Å². The van der Waals surface area contributed by atoms with Crippen molar-refractivity contribution in [1.82, 2.24) is 19.9 Å². The second-order valence-electron chi connectivity index (χ2n) is 16.6. The molecule has 13 aromatic rings. The Morgan fingerprint density at radius 3 is 0.846 bits per heavy atom. The van der Waals surface area contributed by atoms with Crippen molar-refractivity contribution < 1.29 is 0 Å². The molecular weight excluding hydrogens is 809 g/mol. The van der Waals surface area contributed by atoms with Crippen LogP contribution in [0, 0.1) is 0 Å². The zero-order chi connectivity index (χ0) is 42.8. The molecule has 0 saturated carbocycles. The van der Waals surface area contributed by atoms with Gasteiger partial charge in [-0.2, -0.15) is 0 Å². The molecule has 5 aromatic heterocycles. The lowest BCUT2D eigenvalue weighted by Crippen LogP contribution is -1.91. The van der Waals surface area contributed by atoms with E-state index in [0.717, 1.165) is 88.6 Å². The van der Waals surface area contributed by atoms with Gasteiger partial charge >= 0.3 is 0 Å². The highest BCUT2D eigenvalue weighted by Gasteiger charge is 2.13. The molecule has 0 amide bonds. The molecule has 0 bridgehead atoms. The quantitative estimate of drug-likeness (QED) is 0.156. The summed E-state index contributed by atoms with van der Waals surface area (Å²) < 4.78 is 2.56. The maximum atomic E-state index is 5.20. The van der Waals surface area contributed by atoms with E-state index in [1.54, 1.807) is 0 Å². The Hall–Kier alpha value is -8.38. The molecule has 13 rings (SSSR count). The van der Waals surface area contributed by atoms with Crippen molar-refractivity contribution in [1.29, 1.82) is 0 Å². The Bertz CT molecular complexity index is 3710. The smallest absolute Gasteiger partial charge is 0.0972 e. The van der Waals surface area contributed by atoms with E-state index in [-0.39, 0.29) is 0 Å². The van der Waals surface area contributed by atoms with Crippen LogP contribution in [0.3, 0.4) is 0 Å². The van der Waals surface area contributed by atoms with Crippen LogP contribution >= 0.6 is 11.3 Å². The average Bonchev–Trinajstić information content (AvgIpc) is 3.76. The van der Waals surface area contributed by atoms with Gasteiger partial charge in [0, 0.05) is 64.0 Å². The molecule has 8 aromatic carbocycles. The second kappa shape index (κ2) is 15.2. The first-order chi connectivity index (χ1) is 32.1. The van der Waals surface area contributed by atoms with Crippen molar-refractivity contribution in [2.45, 2.75) is 0 Å². The minimum Gasteiger partial charge on any atom is -0.245 e. The van der Waals surface area contributed by atoms with Gasteiger partial charge in [-0.1, -0.05) is 170 Å². The third-order valence-corrected chi connectivity index (χ3v) is 13.8. The lowest BCUT2D eigenvalue weighted by molar-refractivity contribution is 1.36. The molecule has 0 radical (unpaired) electrons. The lowest BCUT2D eigenvalue weighted by atomic mass is 9.98. The van der Waals surface area contributed by atoms with E-state index in [0.29, 0.717) is 0 Å². The van der Waals surface area contributed by atoms with Crippen molar-refractivity contribution >= 4 is 75.1 Å². The van der Waals surface area contributed by atoms with Crippen molar-refractivity contribution in [2.75, 3.05) is 0 Å². The van der Waals surface area contributed by atoms with Crippen LogP contribution in [0.4, 0.5) is 0 Å². The van der Waals surface area contributed by atoms with Gasteiger partial charge in [0.05, 0.1) is 44.8 Å². The van der Waals surface area contributed by atoms with E-state index < -0.39 is 0 Å². The summed E-state index contributed by atoms with van der Waals surface area (Å²) in [6.07, 6.45) is 0. The molecule has 5 heteroatoms. The lowest BCUT2D eigenvalue weighted by Gasteiger charge is -2.09. The first-order valence-corrected chi connectivity index (χ1v) is 22.7. The van der Waals surface area contributed by atoms with Crippen LogP contribution in [0.1, 0.15) is 0 Å². The molecule has 0 N–H and O–H groups in total. The topological polar surface area (TPSA) is 51.6 Å². The van der Waals surface area contributed by atoms with Gasteiger partial charge in [-0.05, 0) is 70.8 Å². The van der Waals surface area contributed by atoms with E-state index in [2.05, 4.69) is 182 Å². The van der Waals surface area contributed by atoms with Gasteiger partial charge in [0.1, 0.15) is 0 Å². The van der Waals surface area contributed by atoms with E-state index in [1.807, 2.05) is 47.7 Å². The molecule has 5 heterocycles. The van der Waals surface area contributed by atoms with Crippen LogP contribution in [0.15, 0.2) is 218 Å². The largest absolute Gasteiger partial charge is 0.245 e. The minimum absolute atomic E-state index is 0.915.